The van der Waals surface area contributed by atoms with Crippen molar-refractivity contribution in [3.63, 3.8) is 0 Å². The second-order valence-corrected chi connectivity index (χ2v) is 8.50. The summed E-state index contributed by atoms with van der Waals surface area (Å²) in [7, 11) is 0. The van der Waals surface area contributed by atoms with Crippen molar-refractivity contribution in [2.24, 2.45) is 0 Å². The summed E-state index contributed by atoms with van der Waals surface area (Å²) in [4.78, 5) is 32.0. The van der Waals surface area contributed by atoms with Gasteiger partial charge in [0.05, 0.1) is 19.8 Å². The predicted molar refractivity (Wildman–Crippen MR) is 134 cm³/mol. The Hall–Kier alpha value is -3.98. The minimum atomic E-state index is -0.319. The van der Waals surface area contributed by atoms with Crippen molar-refractivity contribution < 1.29 is 14.3 Å². The zero-order valence-electron chi connectivity index (χ0n) is 19.9. The maximum Gasteiger partial charge on any atom is 0.274 e. The highest BCUT2D eigenvalue weighted by Crippen LogP contribution is 2.25. The lowest BCUT2D eigenvalue weighted by Gasteiger charge is -2.27. The number of aromatic nitrogens is 4. The molecule has 9 nitrogen and oxygen atoms in total. The normalized spacial score (nSPS) is 13.7. The number of fused-ring (bicyclic) bond motifs is 1. The number of rotatable bonds is 7. The van der Waals surface area contributed by atoms with E-state index in [0.29, 0.717) is 56.8 Å². The Morgan fingerprint density at radius 2 is 2.00 bits per heavy atom. The molecule has 1 aromatic carbocycles. The molecule has 4 heterocycles. The predicted octanol–water partition coefficient (Wildman–Crippen LogP) is 3.68. The van der Waals surface area contributed by atoms with Crippen molar-refractivity contribution in [2.45, 2.75) is 20.3 Å². The van der Waals surface area contributed by atoms with Crippen LogP contribution in [0.3, 0.4) is 0 Å². The third-order valence-electron chi connectivity index (χ3n) is 6.12. The summed E-state index contributed by atoms with van der Waals surface area (Å²) in [6.45, 7) is 6.98. The van der Waals surface area contributed by atoms with Crippen LogP contribution >= 0.6 is 0 Å². The molecule has 0 spiro atoms. The fourth-order valence-corrected chi connectivity index (χ4v) is 4.05. The molecular formula is C26H28N6O3. The van der Waals surface area contributed by atoms with Crippen LogP contribution in [0.25, 0.3) is 10.9 Å². The molecule has 4 aromatic rings. The molecule has 0 aliphatic carbocycles. The lowest BCUT2D eigenvalue weighted by Crippen LogP contribution is -2.37. The number of ether oxygens (including phenoxy) is 2. The molecular weight excluding hydrogens is 444 g/mol. The zero-order chi connectivity index (χ0) is 24.2. The van der Waals surface area contributed by atoms with E-state index < -0.39 is 0 Å². The molecule has 2 N–H and O–H groups in total. The summed E-state index contributed by atoms with van der Waals surface area (Å²) in [5.74, 6) is 0.497. The van der Waals surface area contributed by atoms with Crippen LogP contribution in [-0.4, -0.2) is 58.8 Å². The Bertz CT molecular complexity index is 1330. The largest absolute Gasteiger partial charge is 0.477 e. The smallest absolute Gasteiger partial charge is 0.274 e. The van der Waals surface area contributed by atoms with E-state index in [0.717, 1.165) is 27.9 Å². The van der Waals surface area contributed by atoms with Gasteiger partial charge in [-0.1, -0.05) is 6.07 Å². The van der Waals surface area contributed by atoms with E-state index >= 15 is 0 Å². The summed E-state index contributed by atoms with van der Waals surface area (Å²) >= 11 is 0. The molecule has 35 heavy (non-hydrogen) atoms. The lowest BCUT2D eigenvalue weighted by molar-refractivity contribution is 0.102. The van der Waals surface area contributed by atoms with Crippen molar-refractivity contribution in [2.75, 3.05) is 43.1 Å². The van der Waals surface area contributed by atoms with E-state index in [1.54, 1.807) is 12.3 Å². The molecule has 1 amide bonds. The number of nitrogens with one attached hydrogen (secondary N) is 2. The van der Waals surface area contributed by atoms with Gasteiger partial charge < -0.3 is 24.7 Å². The first-order valence-electron chi connectivity index (χ1n) is 11.7. The number of aryl methyl sites for hydroxylation is 2. The van der Waals surface area contributed by atoms with Crippen molar-refractivity contribution in [3.05, 3.63) is 71.3 Å². The molecule has 9 heteroatoms. The van der Waals surface area contributed by atoms with Gasteiger partial charge in [-0.05, 0) is 49.7 Å². The molecule has 0 bridgehead atoms. The maximum absolute atomic E-state index is 13.2. The van der Waals surface area contributed by atoms with Crippen molar-refractivity contribution in [1.29, 1.82) is 0 Å². The number of morpholine rings is 1. The van der Waals surface area contributed by atoms with Crippen molar-refractivity contribution >= 4 is 28.4 Å². The summed E-state index contributed by atoms with van der Waals surface area (Å²) in [6.07, 6.45) is 2.39. The van der Waals surface area contributed by atoms with E-state index in [9.17, 15) is 4.79 Å². The molecule has 1 fully saturated rings. The number of nitrogens with zero attached hydrogens (tertiary/aromatic N) is 4. The van der Waals surface area contributed by atoms with Crippen LogP contribution < -0.4 is 15.0 Å². The van der Waals surface area contributed by atoms with Gasteiger partial charge in [0.2, 0.25) is 11.8 Å². The fraction of sp³-hybridized carbons (Fsp3) is 0.308. The molecule has 180 valence electrons. The molecule has 1 aliphatic rings. The number of anilines is 2. The molecule has 3 aromatic heterocycles. The number of hydrogen-bond donors (Lipinski definition) is 2. The van der Waals surface area contributed by atoms with Crippen molar-refractivity contribution in [1.82, 2.24) is 19.9 Å². The minimum absolute atomic E-state index is 0.247. The highest BCUT2D eigenvalue weighted by Gasteiger charge is 2.19. The monoisotopic (exact) mass is 472 g/mol. The zero-order valence-corrected chi connectivity index (χ0v) is 19.9. The average Bonchev–Trinajstić information content (AvgIpc) is 3.18. The van der Waals surface area contributed by atoms with Gasteiger partial charge in [-0.25, -0.2) is 4.98 Å². The number of amides is 1. The third-order valence-corrected chi connectivity index (χ3v) is 6.12. The lowest BCUT2D eigenvalue weighted by atomic mass is 10.1. The first kappa shape index (κ1) is 22.8. The number of pyridine rings is 1. The van der Waals surface area contributed by atoms with E-state index in [-0.39, 0.29) is 11.6 Å². The summed E-state index contributed by atoms with van der Waals surface area (Å²) in [5.41, 5.74) is 5.19. The number of H-pyrrole nitrogens is 1. The second kappa shape index (κ2) is 10.1. The van der Waals surface area contributed by atoms with Gasteiger partial charge >= 0.3 is 0 Å². The van der Waals surface area contributed by atoms with Crippen LogP contribution in [0.4, 0.5) is 11.6 Å². The SMILES string of the molecule is Cc1[nH]c2ccc(NC(=O)c3cc(OCCc4ccccn4)nc(N4CCOCC4)n3)cc2c1C. The second-order valence-electron chi connectivity index (χ2n) is 8.50. The quantitative estimate of drug-likeness (QED) is 0.423. The van der Waals surface area contributed by atoms with Crippen LogP contribution in [0.2, 0.25) is 0 Å². The highest BCUT2D eigenvalue weighted by atomic mass is 16.5. The van der Waals surface area contributed by atoms with E-state index in [1.165, 1.54) is 0 Å². The van der Waals surface area contributed by atoms with Crippen LogP contribution in [0.5, 0.6) is 5.88 Å². The number of hydrogen-bond acceptors (Lipinski definition) is 7. The Morgan fingerprint density at radius 1 is 1.14 bits per heavy atom. The highest BCUT2D eigenvalue weighted by molar-refractivity contribution is 6.04. The Kier molecular flexibility index (Phi) is 6.58. The topological polar surface area (TPSA) is 105 Å². The molecule has 1 saturated heterocycles. The van der Waals surface area contributed by atoms with E-state index in [4.69, 9.17) is 9.47 Å². The first-order valence-corrected chi connectivity index (χ1v) is 11.7. The molecule has 0 radical (unpaired) electrons. The van der Waals surface area contributed by atoms with Gasteiger partial charge in [-0.15, -0.1) is 0 Å². The van der Waals surface area contributed by atoms with Gasteiger partial charge in [0.25, 0.3) is 5.91 Å². The number of carbonyl (C=O) groups excluding carboxylic acids is 1. The molecule has 0 unspecified atom stereocenters. The molecule has 0 atom stereocenters. The van der Waals surface area contributed by atoms with Crippen LogP contribution in [0.1, 0.15) is 27.4 Å². The minimum Gasteiger partial charge on any atom is -0.477 e. The van der Waals surface area contributed by atoms with Gasteiger partial charge in [-0.2, -0.15) is 4.98 Å². The van der Waals surface area contributed by atoms with Gasteiger partial charge in [0.1, 0.15) is 5.69 Å². The van der Waals surface area contributed by atoms with E-state index in [1.807, 2.05) is 48.2 Å². The molecule has 0 saturated carbocycles. The van der Waals surface area contributed by atoms with Crippen molar-refractivity contribution in [3.8, 4) is 5.88 Å². The van der Waals surface area contributed by atoms with Crippen LogP contribution in [-0.2, 0) is 11.2 Å². The number of carbonyl (C=O) groups is 1. The third kappa shape index (κ3) is 5.25. The first-order chi connectivity index (χ1) is 17.1. The Morgan fingerprint density at radius 3 is 2.80 bits per heavy atom. The van der Waals surface area contributed by atoms with Crippen LogP contribution in [0.15, 0.2) is 48.7 Å². The van der Waals surface area contributed by atoms with Gasteiger partial charge in [0.15, 0.2) is 0 Å². The maximum atomic E-state index is 13.2. The summed E-state index contributed by atoms with van der Waals surface area (Å²) in [6, 6.07) is 13.2. The fourth-order valence-electron chi connectivity index (χ4n) is 4.05. The van der Waals surface area contributed by atoms with Gasteiger partial charge in [-0.3, -0.25) is 9.78 Å². The Labute approximate surface area is 203 Å². The average molecular weight is 473 g/mol. The van der Waals surface area contributed by atoms with Crippen LogP contribution in [0, 0.1) is 13.8 Å². The Balaban J connectivity index is 1.37. The molecule has 5 rings (SSSR count). The summed E-state index contributed by atoms with van der Waals surface area (Å²) < 4.78 is 11.4. The standard InChI is InChI=1S/C26H28N6O3/c1-17-18(2)28-22-7-6-20(15-21(17)22)29-25(33)23-16-24(35-12-8-19-5-3-4-9-27-19)31-26(30-23)32-10-13-34-14-11-32/h3-7,9,15-16,28H,8,10-14H2,1-2H3,(H,29,33). The number of benzene rings is 1. The summed E-state index contributed by atoms with van der Waals surface area (Å²) in [5, 5.41) is 4.05. The number of aromatic amines is 1. The van der Waals surface area contributed by atoms with E-state index in [2.05, 4.69) is 32.2 Å². The molecule has 1 aliphatic heterocycles. The van der Waals surface area contributed by atoms with Gasteiger partial charge in [0, 0.05) is 59.8 Å².